The van der Waals surface area contributed by atoms with Crippen molar-refractivity contribution in [2.75, 3.05) is 23.8 Å². The Labute approximate surface area is 144 Å². The summed E-state index contributed by atoms with van der Waals surface area (Å²) in [6, 6.07) is 14.0. The molecule has 0 radical (unpaired) electrons. The molecule has 0 aliphatic carbocycles. The van der Waals surface area contributed by atoms with E-state index in [9.17, 15) is 9.59 Å². The van der Waals surface area contributed by atoms with Crippen LogP contribution in [0.2, 0.25) is 0 Å². The van der Waals surface area contributed by atoms with Crippen LogP contribution in [0.4, 0.5) is 11.5 Å². The van der Waals surface area contributed by atoms with Gasteiger partial charge in [-0.25, -0.2) is 9.97 Å². The van der Waals surface area contributed by atoms with Gasteiger partial charge in [-0.15, -0.1) is 0 Å². The Morgan fingerprint density at radius 2 is 1.80 bits per heavy atom. The van der Waals surface area contributed by atoms with Crippen LogP contribution in [0.15, 0.2) is 54.9 Å². The molecule has 3 N–H and O–H groups in total. The van der Waals surface area contributed by atoms with Gasteiger partial charge in [0, 0.05) is 23.7 Å². The van der Waals surface area contributed by atoms with E-state index in [-0.39, 0.29) is 12.5 Å². The number of nitrogens with zero attached hydrogens (tertiary/aromatic N) is 3. The average Bonchev–Trinajstić information content (AvgIpc) is 2.61. The van der Waals surface area contributed by atoms with Crippen LogP contribution in [-0.4, -0.2) is 35.4 Å². The third-order valence-electron chi connectivity index (χ3n) is 3.72. The first kappa shape index (κ1) is 16.4. The van der Waals surface area contributed by atoms with Gasteiger partial charge in [-0.1, -0.05) is 12.1 Å². The molecule has 7 nitrogen and oxygen atoms in total. The van der Waals surface area contributed by atoms with Crippen molar-refractivity contribution in [2.24, 2.45) is 5.73 Å². The highest BCUT2D eigenvalue weighted by atomic mass is 16.2. The number of amides is 2. The van der Waals surface area contributed by atoms with Gasteiger partial charge in [-0.05, 0) is 36.4 Å². The number of aromatic nitrogens is 2. The Kier molecular flexibility index (Phi) is 4.56. The number of nitrogens with one attached hydrogen (secondary N) is 1. The second kappa shape index (κ2) is 6.96. The molecule has 3 rings (SSSR count). The fourth-order valence-electron chi connectivity index (χ4n) is 2.50. The average molecular weight is 335 g/mol. The number of nitrogens with two attached hydrogens (primary N) is 1. The van der Waals surface area contributed by atoms with Gasteiger partial charge >= 0.3 is 0 Å². The second-order valence-electron chi connectivity index (χ2n) is 5.56. The van der Waals surface area contributed by atoms with Crippen LogP contribution >= 0.6 is 0 Å². The number of hydrogen-bond donors (Lipinski definition) is 2. The summed E-state index contributed by atoms with van der Waals surface area (Å²) in [7, 11) is 1.80. The van der Waals surface area contributed by atoms with E-state index in [1.54, 1.807) is 36.2 Å². The molecule has 0 saturated carbocycles. The summed E-state index contributed by atoms with van der Waals surface area (Å²) in [5.74, 6) is -0.0184. The van der Waals surface area contributed by atoms with Crippen molar-refractivity contribution in [3.8, 4) is 0 Å². The van der Waals surface area contributed by atoms with Crippen LogP contribution in [0, 0.1) is 0 Å². The van der Waals surface area contributed by atoms with Gasteiger partial charge in [-0.2, -0.15) is 0 Å². The standard InChI is InChI=1S/C18H17N5O2/c1-23(18-14-4-2-3-5-15(14)20-11-21-18)10-16(24)22-13-8-6-12(7-9-13)17(19)25/h2-9,11H,10H2,1H3,(H2,19,25)(H,22,24). The van der Waals surface area contributed by atoms with E-state index in [4.69, 9.17) is 5.73 Å². The fourth-order valence-corrected chi connectivity index (χ4v) is 2.50. The fraction of sp³-hybridized carbons (Fsp3) is 0.111. The number of fused-ring (bicyclic) bond motifs is 1. The van der Waals surface area contributed by atoms with Gasteiger partial charge in [-0.3, -0.25) is 9.59 Å². The number of anilines is 2. The van der Waals surface area contributed by atoms with E-state index in [1.807, 2.05) is 24.3 Å². The molecule has 0 unspecified atom stereocenters. The second-order valence-corrected chi connectivity index (χ2v) is 5.56. The van der Waals surface area contributed by atoms with Crippen LogP contribution < -0.4 is 16.0 Å². The van der Waals surface area contributed by atoms with Crippen molar-refractivity contribution < 1.29 is 9.59 Å². The molecule has 126 valence electrons. The quantitative estimate of drug-likeness (QED) is 0.740. The Morgan fingerprint density at radius 3 is 2.52 bits per heavy atom. The monoisotopic (exact) mass is 335 g/mol. The number of rotatable bonds is 5. The van der Waals surface area contributed by atoms with Crippen molar-refractivity contribution in [3.05, 3.63) is 60.4 Å². The minimum Gasteiger partial charge on any atom is -0.366 e. The molecule has 25 heavy (non-hydrogen) atoms. The third kappa shape index (κ3) is 3.72. The van der Waals surface area contributed by atoms with Crippen molar-refractivity contribution in [1.29, 1.82) is 0 Å². The van der Waals surface area contributed by atoms with Gasteiger partial charge in [0.25, 0.3) is 0 Å². The summed E-state index contributed by atoms with van der Waals surface area (Å²) < 4.78 is 0. The van der Waals surface area contributed by atoms with E-state index in [1.165, 1.54) is 6.33 Å². The minimum absolute atomic E-state index is 0.124. The van der Waals surface area contributed by atoms with Gasteiger partial charge in [0.1, 0.15) is 12.1 Å². The van der Waals surface area contributed by atoms with Gasteiger partial charge < -0.3 is 16.0 Å². The van der Waals surface area contributed by atoms with Gasteiger partial charge in [0.15, 0.2) is 0 Å². The maximum atomic E-state index is 12.3. The topological polar surface area (TPSA) is 101 Å². The van der Waals surface area contributed by atoms with Crippen molar-refractivity contribution in [3.63, 3.8) is 0 Å². The summed E-state index contributed by atoms with van der Waals surface area (Å²) in [6.07, 6.45) is 1.48. The zero-order valence-corrected chi connectivity index (χ0v) is 13.6. The number of primary amides is 1. The summed E-state index contributed by atoms with van der Waals surface area (Å²) in [5, 5.41) is 3.66. The predicted octanol–water partition coefficient (Wildman–Crippen LogP) is 1.80. The number of benzene rings is 2. The summed E-state index contributed by atoms with van der Waals surface area (Å²) >= 11 is 0. The predicted molar refractivity (Wildman–Crippen MR) is 96.4 cm³/mol. The Hall–Kier alpha value is -3.48. The molecule has 1 aromatic heterocycles. The van der Waals surface area contributed by atoms with Gasteiger partial charge in [0.2, 0.25) is 11.8 Å². The lowest BCUT2D eigenvalue weighted by atomic mass is 10.2. The third-order valence-corrected chi connectivity index (χ3v) is 3.72. The highest BCUT2D eigenvalue weighted by molar-refractivity contribution is 5.97. The summed E-state index contributed by atoms with van der Waals surface area (Å²) in [5.41, 5.74) is 7.00. The molecular formula is C18H17N5O2. The first-order chi connectivity index (χ1) is 12.0. The molecule has 3 aromatic rings. The van der Waals surface area contributed by atoms with E-state index in [0.29, 0.717) is 17.1 Å². The number of carbonyl (C=O) groups excluding carboxylic acids is 2. The molecule has 0 aliphatic rings. The summed E-state index contributed by atoms with van der Waals surface area (Å²) in [6.45, 7) is 0.124. The van der Waals surface area contributed by atoms with Crippen LogP contribution in [-0.2, 0) is 4.79 Å². The highest BCUT2D eigenvalue weighted by Crippen LogP contribution is 2.21. The first-order valence-electron chi connectivity index (χ1n) is 7.65. The molecule has 0 aliphatic heterocycles. The largest absolute Gasteiger partial charge is 0.366 e. The molecule has 2 amide bonds. The number of hydrogen-bond acceptors (Lipinski definition) is 5. The zero-order chi connectivity index (χ0) is 17.8. The minimum atomic E-state index is -0.506. The normalized spacial score (nSPS) is 10.4. The Morgan fingerprint density at radius 1 is 1.08 bits per heavy atom. The number of carbonyl (C=O) groups is 2. The van der Waals surface area contributed by atoms with Crippen molar-refractivity contribution in [1.82, 2.24) is 9.97 Å². The van der Waals surface area contributed by atoms with Crippen molar-refractivity contribution >= 4 is 34.2 Å². The zero-order valence-electron chi connectivity index (χ0n) is 13.6. The molecule has 0 fully saturated rings. The SMILES string of the molecule is CN(CC(=O)Nc1ccc(C(N)=O)cc1)c1ncnc2ccccc12. The van der Waals surface area contributed by atoms with E-state index < -0.39 is 5.91 Å². The van der Waals surface area contributed by atoms with E-state index >= 15 is 0 Å². The number of likely N-dealkylation sites (N-methyl/N-ethyl adjacent to an activating group) is 1. The summed E-state index contributed by atoms with van der Waals surface area (Å²) in [4.78, 5) is 33.6. The lowest BCUT2D eigenvalue weighted by Gasteiger charge is -2.19. The lowest BCUT2D eigenvalue weighted by Crippen LogP contribution is -2.30. The van der Waals surface area contributed by atoms with Crippen LogP contribution in [0.3, 0.4) is 0 Å². The Bertz CT molecular complexity index is 919. The molecule has 0 atom stereocenters. The van der Waals surface area contributed by atoms with Crippen LogP contribution in [0.5, 0.6) is 0 Å². The molecule has 2 aromatic carbocycles. The van der Waals surface area contributed by atoms with Crippen molar-refractivity contribution in [2.45, 2.75) is 0 Å². The maximum Gasteiger partial charge on any atom is 0.248 e. The number of para-hydroxylation sites is 1. The molecular weight excluding hydrogens is 318 g/mol. The lowest BCUT2D eigenvalue weighted by molar-refractivity contribution is -0.114. The smallest absolute Gasteiger partial charge is 0.248 e. The highest BCUT2D eigenvalue weighted by Gasteiger charge is 2.12. The molecule has 0 saturated heterocycles. The van der Waals surface area contributed by atoms with Crippen LogP contribution in [0.25, 0.3) is 10.9 Å². The van der Waals surface area contributed by atoms with E-state index in [0.717, 1.165) is 10.9 Å². The molecule has 1 heterocycles. The molecule has 0 bridgehead atoms. The molecule has 0 spiro atoms. The van der Waals surface area contributed by atoms with Crippen LogP contribution in [0.1, 0.15) is 10.4 Å². The molecule has 7 heteroatoms. The maximum absolute atomic E-state index is 12.3. The Balaban J connectivity index is 1.70. The van der Waals surface area contributed by atoms with E-state index in [2.05, 4.69) is 15.3 Å². The van der Waals surface area contributed by atoms with Gasteiger partial charge in [0.05, 0.1) is 12.1 Å². The first-order valence-corrected chi connectivity index (χ1v) is 7.65.